The molecule has 22 heterocycles. The third-order valence-corrected chi connectivity index (χ3v) is 37.9. The van der Waals surface area contributed by atoms with Crippen molar-refractivity contribution in [3.8, 4) is 0 Å². The Labute approximate surface area is 848 Å². The quantitative estimate of drug-likeness (QED) is 0.194. The van der Waals surface area contributed by atoms with Gasteiger partial charge in [-0.05, 0) is 415 Å². The molecule has 11 spiro atoms. The van der Waals surface area contributed by atoms with Gasteiger partial charge in [0.15, 0.2) is 0 Å². The topological polar surface area (TPSA) is 137 Å². The largest absolute Gasteiger partial charge is 0.381 e. The summed E-state index contributed by atoms with van der Waals surface area (Å²) in [6.07, 6.45) is 48.4. The summed E-state index contributed by atoms with van der Waals surface area (Å²) in [6, 6.07) is 7.65. The van der Waals surface area contributed by atoms with Crippen LogP contribution in [0.3, 0.4) is 0 Å². The molecule has 0 aromatic carbocycles. The fourth-order valence-electron chi connectivity index (χ4n) is 28.7. The Balaban J connectivity index is 0.000000136. The van der Waals surface area contributed by atoms with Gasteiger partial charge in [-0.25, -0.2) is 0 Å². The minimum atomic E-state index is 0.145. The van der Waals surface area contributed by atoms with Crippen molar-refractivity contribution in [2.75, 3.05) is 230 Å². The Bertz CT molecular complexity index is 2990. The fraction of sp³-hybridized carbons (Fsp3) is 1.00. The van der Waals surface area contributed by atoms with Crippen LogP contribution >= 0.6 is 0 Å². The second-order valence-corrected chi connectivity index (χ2v) is 51.3. The van der Waals surface area contributed by atoms with E-state index >= 15 is 0 Å². The number of hydrogen-bond donors (Lipinski definition) is 0. The summed E-state index contributed by atoms with van der Waals surface area (Å²) in [5.74, 6) is 0. The first-order chi connectivity index (χ1) is 66.0. The van der Waals surface area contributed by atoms with Crippen LogP contribution < -0.4 is 0 Å². The molecule has 0 N–H and O–H groups in total. The molecule has 0 aromatic rings. The van der Waals surface area contributed by atoms with Crippen LogP contribution in [-0.2, 0) is 52.1 Å². The first-order valence-electron chi connectivity index (χ1n) is 58.9. The standard InChI is InChI=1S/6C11H21NO.5C10H19NO/c1-10(2)12-6-3-11(9-12)4-7-13-8-5-11;1-10(2)12-7-3-5-11(12)6-4-8-13-9-11;1-10(2)12-7-3-4-11(12)5-8-13-9-6-11;1-10(2)12-6-5-11(8-12)4-3-7-13-9-11;1-10(2)12-8-5-7-11(12)6-3-4-9-13-11;1-10(2)12-7-6-11(9-12)5-3-4-8-13-11;1-9(2)11-7-10(8-11)3-5-12-6-4-10;1-9(2)11-6-5-10(11)4-3-7-12-8-10;1-9(2)11-6-10(7-11)4-3-5-12-8-10;1-9(2)11-7-6-10(11)5-3-4-8-12-10;1-9(2)11-7-10(8-11)5-3-4-6-12-10/h6*10H,3-9H2,1-2H3;5*9H,3-8H2,1-2H3. The zero-order valence-corrected chi connectivity index (χ0v) is 94.2. The van der Waals surface area contributed by atoms with Gasteiger partial charge < -0.3 is 61.9 Å². The van der Waals surface area contributed by atoms with Gasteiger partial charge in [0.2, 0.25) is 0 Å². The van der Waals surface area contributed by atoms with E-state index in [4.69, 9.17) is 52.1 Å². The fourth-order valence-corrected chi connectivity index (χ4v) is 28.7. The molecule has 22 nitrogen and oxygen atoms in total. The highest BCUT2D eigenvalue weighted by atomic mass is 16.5. The normalized spacial score (nSPS) is 33.2. The second-order valence-electron chi connectivity index (χ2n) is 51.3. The molecule has 22 heteroatoms. The van der Waals surface area contributed by atoms with E-state index in [1.165, 1.54) is 349 Å². The van der Waals surface area contributed by atoms with E-state index in [9.17, 15) is 0 Å². The highest BCUT2D eigenvalue weighted by molar-refractivity contribution is 5.07. The van der Waals surface area contributed by atoms with E-state index in [1.54, 1.807) is 0 Å². The highest BCUT2D eigenvalue weighted by Gasteiger charge is 2.54. The van der Waals surface area contributed by atoms with Crippen molar-refractivity contribution in [3.63, 3.8) is 0 Å². The zero-order valence-electron chi connectivity index (χ0n) is 94.2. The summed E-state index contributed by atoms with van der Waals surface area (Å²) in [5.41, 5.74) is 4.62. The minimum absolute atomic E-state index is 0.145. The Kier molecular flexibility index (Phi) is 45.5. The molecule has 22 aliphatic heterocycles. The highest BCUT2D eigenvalue weighted by Crippen LogP contribution is 2.49. The first kappa shape index (κ1) is 116. The van der Waals surface area contributed by atoms with Crippen LogP contribution in [0.5, 0.6) is 0 Å². The molecule has 0 saturated carbocycles. The van der Waals surface area contributed by atoms with Crippen LogP contribution in [0, 0.1) is 21.7 Å². The van der Waals surface area contributed by atoms with Gasteiger partial charge in [-0.3, -0.25) is 44.1 Å². The van der Waals surface area contributed by atoms with Crippen molar-refractivity contribution < 1.29 is 52.1 Å². The van der Waals surface area contributed by atoms with E-state index in [1.807, 2.05) is 0 Å². The van der Waals surface area contributed by atoms with Crippen LogP contribution in [0.4, 0.5) is 0 Å². The lowest BCUT2D eigenvalue weighted by molar-refractivity contribution is -0.247. The lowest BCUT2D eigenvalue weighted by Crippen LogP contribution is -2.65. The van der Waals surface area contributed by atoms with Gasteiger partial charge in [-0.15, -0.1) is 0 Å². The average Bonchev–Trinajstić information content (AvgIpc) is 0.842. The van der Waals surface area contributed by atoms with Crippen molar-refractivity contribution in [1.29, 1.82) is 0 Å². The van der Waals surface area contributed by atoms with Crippen LogP contribution in [0.25, 0.3) is 0 Å². The molecule has 0 bridgehead atoms. The van der Waals surface area contributed by atoms with Crippen molar-refractivity contribution in [1.82, 2.24) is 53.9 Å². The maximum Gasteiger partial charge on any atom is 0.123 e. The van der Waals surface area contributed by atoms with Crippen LogP contribution in [0.1, 0.15) is 390 Å². The van der Waals surface area contributed by atoms with E-state index in [0.717, 1.165) is 137 Å². The minimum Gasteiger partial charge on any atom is -0.381 e. The van der Waals surface area contributed by atoms with Gasteiger partial charge in [0.05, 0.1) is 37.6 Å². The van der Waals surface area contributed by atoms with Crippen LogP contribution in [0.15, 0.2) is 0 Å². The summed E-state index contributed by atoms with van der Waals surface area (Å²) in [5, 5.41) is 0. The molecule has 22 fully saturated rings. The first-order valence-corrected chi connectivity index (χ1v) is 58.9. The molecule has 0 amide bonds. The summed E-state index contributed by atoms with van der Waals surface area (Å²) < 4.78 is 62.4. The molecule has 0 radical (unpaired) electrons. The van der Waals surface area contributed by atoms with Crippen molar-refractivity contribution in [3.05, 3.63) is 0 Å². The molecule has 6 atom stereocenters. The van der Waals surface area contributed by atoms with Crippen molar-refractivity contribution >= 4 is 0 Å². The smallest absolute Gasteiger partial charge is 0.123 e. The zero-order chi connectivity index (χ0) is 98.9. The molecule has 22 saturated heterocycles. The van der Waals surface area contributed by atoms with Gasteiger partial charge >= 0.3 is 0 Å². The average molecular weight is 1950 g/mol. The molecule has 0 aromatic heterocycles. The molecule has 0 aliphatic carbocycles. The second kappa shape index (κ2) is 54.2. The summed E-state index contributed by atoms with van der Waals surface area (Å²) >= 11 is 0. The number of ether oxygens (including phenoxy) is 11. The Morgan fingerprint density at radius 2 is 0.471 bits per heavy atom. The van der Waals surface area contributed by atoms with E-state index in [0.29, 0.717) is 86.6 Å². The Morgan fingerprint density at radius 3 is 0.862 bits per heavy atom. The lowest BCUT2D eigenvalue weighted by atomic mass is 9.73. The van der Waals surface area contributed by atoms with Gasteiger partial charge in [0, 0.05) is 283 Å². The third kappa shape index (κ3) is 31.2. The molecule has 22 aliphatic rings. The number of rotatable bonds is 11. The maximum atomic E-state index is 6.03. The van der Waals surface area contributed by atoms with E-state index < -0.39 is 0 Å². The number of likely N-dealkylation sites (tertiary alicyclic amines) is 11. The molecular weight excluding hydrogens is 1720 g/mol. The molecule has 22 rings (SSSR count). The SMILES string of the molecule is CC(C)N1CC2(CCCCO2)C1.CC(C)N1CC2(CCCOC2)C1.CC(C)N1CC2(CCOCC2)C1.CC(C)N1CCC12CCCCO2.CC(C)N1CCC12CCCOC2.CC(C)N1CCC2(CCCCO2)C1.CC(C)N1CCC2(CCCOC2)C1.CC(C)N1CCC2(CCOCC2)C1.CC(C)N1CCCC12CCCCO2.CC(C)N1CCCC12CCCOC2.CC(C)N1CCCC12CCOCC2. The summed E-state index contributed by atoms with van der Waals surface area (Å²) in [7, 11) is 0. The Hall–Kier alpha value is -0.880. The molecule has 138 heavy (non-hydrogen) atoms. The van der Waals surface area contributed by atoms with Crippen LogP contribution in [0.2, 0.25) is 0 Å². The van der Waals surface area contributed by atoms with Crippen molar-refractivity contribution in [2.24, 2.45) is 21.7 Å². The monoisotopic (exact) mass is 1940 g/mol. The lowest BCUT2D eigenvalue weighted by Gasteiger charge is -2.56. The summed E-state index contributed by atoms with van der Waals surface area (Å²) in [6.45, 7) is 89.5. The maximum absolute atomic E-state index is 6.03. The van der Waals surface area contributed by atoms with Gasteiger partial charge in [-0.2, -0.15) is 0 Å². The number of hydrogen-bond acceptors (Lipinski definition) is 22. The third-order valence-electron chi connectivity index (χ3n) is 37.9. The summed E-state index contributed by atoms with van der Waals surface area (Å²) in [4.78, 5) is 28.4. The van der Waals surface area contributed by atoms with E-state index in [2.05, 4.69) is 206 Å². The number of nitrogens with zero attached hydrogens (tertiary/aromatic N) is 11. The van der Waals surface area contributed by atoms with Gasteiger partial charge in [0.1, 0.15) is 11.4 Å². The molecule has 6 unspecified atom stereocenters. The van der Waals surface area contributed by atoms with Crippen LogP contribution in [-0.4, -0.2) is 390 Å². The predicted octanol–water partition coefficient (Wildman–Crippen LogP) is 20.6. The van der Waals surface area contributed by atoms with Gasteiger partial charge in [0.25, 0.3) is 0 Å². The Morgan fingerprint density at radius 1 is 0.159 bits per heavy atom. The molecular formula is C116H221N11O11. The van der Waals surface area contributed by atoms with Crippen molar-refractivity contribution in [2.45, 2.75) is 496 Å². The molecule has 806 valence electrons. The van der Waals surface area contributed by atoms with E-state index in [-0.39, 0.29) is 22.7 Å². The predicted molar refractivity (Wildman–Crippen MR) is 569 cm³/mol. The van der Waals surface area contributed by atoms with Gasteiger partial charge in [-0.1, -0.05) is 0 Å².